The van der Waals surface area contributed by atoms with Crippen LogP contribution in [0.4, 0.5) is 4.79 Å². The normalized spacial score (nSPS) is 14.0. The molecule has 0 aromatic heterocycles. The van der Waals surface area contributed by atoms with Gasteiger partial charge in [-0.1, -0.05) is 13.8 Å². The van der Waals surface area contributed by atoms with Crippen molar-refractivity contribution in [2.75, 3.05) is 13.7 Å². The summed E-state index contributed by atoms with van der Waals surface area (Å²) >= 11 is 0. The fraction of sp³-hybridized carbons (Fsp3) is 0.812. The van der Waals surface area contributed by atoms with Crippen LogP contribution in [-0.2, 0) is 14.3 Å². The van der Waals surface area contributed by atoms with Crippen LogP contribution in [0.25, 0.3) is 0 Å². The van der Waals surface area contributed by atoms with Gasteiger partial charge < -0.3 is 20.3 Å². The lowest BCUT2D eigenvalue weighted by Gasteiger charge is -2.31. The van der Waals surface area contributed by atoms with E-state index in [1.807, 2.05) is 13.8 Å². The van der Waals surface area contributed by atoms with E-state index in [9.17, 15) is 14.4 Å². The summed E-state index contributed by atoms with van der Waals surface area (Å²) in [6, 6.07) is -2.07. The molecule has 0 bridgehead atoms. The number of nitrogens with one attached hydrogen (secondary N) is 1. The molecule has 8 heteroatoms. The lowest BCUT2D eigenvalue weighted by molar-refractivity contribution is -0.143. The molecule has 24 heavy (non-hydrogen) atoms. The first kappa shape index (κ1) is 22.2. The zero-order chi connectivity index (χ0) is 19.1. The molecule has 2 amide bonds. The Balaban J connectivity index is 5.19. The molecule has 2 atom stereocenters. The van der Waals surface area contributed by atoms with E-state index in [1.165, 1.54) is 11.9 Å². The topological polar surface area (TPSA) is 116 Å². The van der Waals surface area contributed by atoms with Gasteiger partial charge in [-0.15, -0.1) is 0 Å². The highest BCUT2D eigenvalue weighted by molar-refractivity contribution is 5.89. The number of nitrogens with zero attached hydrogens (tertiary/aromatic N) is 1. The molecule has 3 N–H and O–H groups in total. The maximum atomic E-state index is 12.5. The van der Waals surface area contributed by atoms with Gasteiger partial charge in [0.25, 0.3) is 0 Å². The molecule has 0 aliphatic rings. The number of carbonyl (C=O) groups excluding carboxylic acids is 2. The minimum Gasteiger partial charge on any atom is -0.480 e. The average molecular weight is 346 g/mol. The van der Waals surface area contributed by atoms with Crippen LogP contribution in [0.15, 0.2) is 0 Å². The Kier molecular flexibility index (Phi) is 8.74. The fourth-order valence-electron chi connectivity index (χ4n) is 2.00. The average Bonchev–Trinajstić information content (AvgIpc) is 2.41. The maximum absolute atomic E-state index is 12.5. The van der Waals surface area contributed by atoms with E-state index in [1.54, 1.807) is 20.8 Å². The SMILES string of the molecule is CC(C)C[C@@H](C(=O)N[C@@H](CCO)C(=O)O)N(C)C(=O)OC(C)(C)C. The highest BCUT2D eigenvalue weighted by Crippen LogP contribution is 2.16. The van der Waals surface area contributed by atoms with Crippen molar-refractivity contribution in [1.82, 2.24) is 10.2 Å². The molecular weight excluding hydrogens is 316 g/mol. The van der Waals surface area contributed by atoms with Gasteiger partial charge in [-0.2, -0.15) is 0 Å². The van der Waals surface area contributed by atoms with Crippen LogP contribution < -0.4 is 5.32 Å². The van der Waals surface area contributed by atoms with Crippen molar-refractivity contribution in [1.29, 1.82) is 0 Å². The van der Waals surface area contributed by atoms with Crippen LogP contribution in [-0.4, -0.2) is 64.4 Å². The first-order chi connectivity index (χ1) is 10.9. The molecular formula is C16H30N2O6. The summed E-state index contributed by atoms with van der Waals surface area (Å²) in [5.74, 6) is -1.72. The lowest BCUT2D eigenvalue weighted by Crippen LogP contribution is -2.53. The number of carboxylic acids is 1. The molecule has 0 aromatic carbocycles. The Hall–Kier alpha value is -1.83. The smallest absolute Gasteiger partial charge is 0.410 e. The Bertz CT molecular complexity index is 444. The summed E-state index contributed by atoms with van der Waals surface area (Å²) < 4.78 is 5.26. The van der Waals surface area contributed by atoms with Crippen LogP contribution in [0.2, 0.25) is 0 Å². The van der Waals surface area contributed by atoms with Gasteiger partial charge in [0.15, 0.2) is 0 Å². The van der Waals surface area contributed by atoms with Crippen LogP contribution in [0.1, 0.15) is 47.5 Å². The second-order valence-corrected chi connectivity index (χ2v) is 7.15. The van der Waals surface area contributed by atoms with Crippen LogP contribution >= 0.6 is 0 Å². The second-order valence-electron chi connectivity index (χ2n) is 7.15. The molecule has 0 fully saturated rings. The standard InChI is InChI=1S/C16H30N2O6/c1-10(2)9-12(18(6)15(23)24-16(3,4)5)13(20)17-11(7-8-19)14(21)22/h10-12,19H,7-9H2,1-6H3,(H,17,20)(H,21,22)/t11-,12-/m0/s1. The van der Waals surface area contributed by atoms with E-state index in [-0.39, 0.29) is 18.9 Å². The molecule has 0 aliphatic carbocycles. The number of likely N-dealkylation sites (N-methyl/N-ethyl adjacent to an activating group) is 1. The number of carboxylic acid groups (broad SMARTS) is 1. The molecule has 0 unspecified atom stereocenters. The Morgan fingerprint density at radius 1 is 1.21 bits per heavy atom. The minimum atomic E-state index is -1.24. The largest absolute Gasteiger partial charge is 0.480 e. The predicted octanol–water partition coefficient (Wildman–Crippen LogP) is 1.22. The van der Waals surface area contributed by atoms with Gasteiger partial charge in [0.1, 0.15) is 17.7 Å². The van der Waals surface area contributed by atoms with E-state index >= 15 is 0 Å². The van der Waals surface area contributed by atoms with Crippen molar-refractivity contribution in [2.24, 2.45) is 5.92 Å². The molecule has 0 spiro atoms. The van der Waals surface area contributed by atoms with Gasteiger partial charge in [-0.05, 0) is 33.1 Å². The summed E-state index contributed by atoms with van der Waals surface area (Å²) in [4.78, 5) is 37.0. The molecule has 0 heterocycles. The molecule has 140 valence electrons. The number of hydrogen-bond acceptors (Lipinski definition) is 5. The van der Waals surface area contributed by atoms with Crippen LogP contribution in [0.3, 0.4) is 0 Å². The predicted molar refractivity (Wildman–Crippen MR) is 88.5 cm³/mol. The number of aliphatic hydroxyl groups is 1. The number of amides is 2. The van der Waals surface area contributed by atoms with Crippen molar-refractivity contribution in [3.05, 3.63) is 0 Å². The van der Waals surface area contributed by atoms with Crippen molar-refractivity contribution < 1.29 is 29.3 Å². The Morgan fingerprint density at radius 3 is 2.12 bits per heavy atom. The van der Waals surface area contributed by atoms with E-state index < -0.39 is 35.7 Å². The third-order valence-corrected chi connectivity index (χ3v) is 3.18. The number of hydrogen-bond donors (Lipinski definition) is 3. The summed E-state index contributed by atoms with van der Waals surface area (Å²) in [6.45, 7) is 8.58. The van der Waals surface area contributed by atoms with Crippen LogP contribution in [0, 0.1) is 5.92 Å². The zero-order valence-corrected chi connectivity index (χ0v) is 15.3. The van der Waals surface area contributed by atoms with Gasteiger partial charge in [0.2, 0.25) is 5.91 Å². The van der Waals surface area contributed by atoms with E-state index in [4.69, 9.17) is 14.9 Å². The number of ether oxygens (including phenoxy) is 1. The fourth-order valence-corrected chi connectivity index (χ4v) is 2.00. The Morgan fingerprint density at radius 2 is 1.75 bits per heavy atom. The van der Waals surface area contributed by atoms with Crippen molar-refractivity contribution in [3.63, 3.8) is 0 Å². The summed E-state index contributed by atoms with van der Waals surface area (Å²) in [5, 5.41) is 20.4. The van der Waals surface area contributed by atoms with Crippen molar-refractivity contribution in [3.8, 4) is 0 Å². The van der Waals surface area contributed by atoms with E-state index in [0.717, 1.165) is 0 Å². The van der Waals surface area contributed by atoms with Gasteiger partial charge in [-0.3, -0.25) is 9.69 Å². The molecule has 0 saturated carbocycles. The first-order valence-electron chi connectivity index (χ1n) is 7.98. The lowest BCUT2D eigenvalue weighted by atomic mass is 10.0. The monoisotopic (exact) mass is 346 g/mol. The highest BCUT2D eigenvalue weighted by Gasteiger charge is 2.32. The molecule has 0 radical (unpaired) electrons. The molecule has 0 saturated heterocycles. The van der Waals surface area contributed by atoms with Crippen molar-refractivity contribution in [2.45, 2.75) is 65.1 Å². The third-order valence-electron chi connectivity index (χ3n) is 3.18. The van der Waals surface area contributed by atoms with Gasteiger partial charge in [0.05, 0.1) is 0 Å². The summed E-state index contributed by atoms with van der Waals surface area (Å²) in [6.07, 6.45) is -0.407. The number of carbonyl (C=O) groups is 3. The first-order valence-corrected chi connectivity index (χ1v) is 7.98. The molecule has 0 aliphatic heterocycles. The number of rotatable bonds is 8. The highest BCUT2D eigenvalue weighted by atomic mass is 16.6. The van der Waals surface area contributed by atoms with Gasteiger partial charge in [0, 0.05) is 20.1 Å². The summed E-state index contributed by atoms with van der Waals surface area (Å²) in [7, 11) is 1.45. The molecule has 0 aromatic rings. The zero-order valence-electron chi connectivity index (χ0n) is 15.3. The molecule has 0 rings (SSSR count). The van der Waals surface area contributed by atoms with Crippen LogP contribution in [0.5, 0.6) is 0 Å². The maximum Gasteiger partial charge on any atom is 0.410 e. The van der Waals surface area contributed by atoms with E-state index in [0.29, 0.717) is 6.42 Å². The second kappa shape index (κ2) is 9.46. The number of aliphatic hydroxyl groups excluding tert-OH is 1. The van der Waals surface area contributed by atoms with E-state index in [2.05, 4.69) is 5.32 Å². The third kappa shape index (κ3) is 8.14. The van der Waals surface area contributed by atoms with Crippen molar-refractivity contribution >= 4 is 18.0 Å². The van der Waals surface area contributed by atoms with Gasteiger partial charge in [-0.25, -0.2) is 9.59 Å². The van der Waals surface area contributed by atoms with Gasteiger partial charge >= 0.3 is 12.1 Å². The Labute approximate surface area is 143 Å². The minimum absolute atomic E-state index is 0.103. The molecule has 8 nitrogen and oxygen atoms in total. The number of aliphatic carboxylic acids is 1. The quantitative estimate of drug-likeness (QED) is 0.608. The summed E-state index contributed by atoms with van der Waals surface area (Å²) in [5.41, 5.74) is -0.704.